The molecule has 1 unspecified atom stereocenters. The van der Waals surface area contributed by atoms with Crippen LogP contribution in [0.1, 0.15) is 24.5 Å². The first-order valence-corrected chi connectivity index (χ1v) is 6.70. The van der Waals surface area contributed by atoms with Gasteiger partial charge in [0.05, 0.1) is 0 Å². The molecule has 0 amide bonds. The first-order valence-electron chi connectivity index (χ1n) is 6.70. The van der Waals surface area contributed by atoms with Crippen LogP contribution >= 0.6 is 12.4 Å². The first kappa shape index (κ1) is 16.5. The van der Waals surface area contributed by atoms with Crippen molar-refractivity contribution in [1.29, 1.82) is 0 Å². The van der Waals surface area contributed by atoms with Gasteiger partial charge in [0.2, 0.25) is 0 Å². The zero-order chi connectivity index (χ0) is 13.6. The van der Waals surface area contributed by atoms with Crippen LogP contribution < -0.4 is 5.32 Å². The molecule has 0 aromatic heterocycles. The second-order valence-corrected chi connectivity index (χ2v) is 5.03. The van der Waals surface area contributed by atoms with Gasteiger partial charge < -0.3 is 5.32 Å². The average molecular weight is 288 g/mol. The number of hydrogen-bond donors (Lipinski definition) is 1. The smallest absolute Gasteiger partial charge is 0.0443 e. The molecule has 0 spiro atoms. The van der Waals surface area contributed by atoms with Crippen molar-refractivity contribution in [3.05, 3.63) is 84.4 Å². The molecule has 1 N–H and O–H groups in total. The maximum absolute atomic E-state index is 3.89. The molecule has 2 rings (SSSR count). The Kier molecular flexibility index (Phi) is 6.50. The Morgan fingerprint density at radius 2 is 1.55 bits per heavy atom. The number of benzene rings is 2. The molecule has 1 nitrogen and oxygen atoms in total. The predicted octanol–water partition coefficient (Wildman–Crippen LogP) is 4.69. The summed E-state index contributed by atoms with van der Waals surface area (Å²) in [6.45, 7) is 6.98. The van der Waals surface area contributed by atoms with Crippen molar-refractivity contribution in [3.8, 4) is 0 Å². The van der Waals surface area contributed by atoms with E-state index in [2.05, 4.69) is 73.4 Å². The fourth-order valence-electron chi connectivity index (χ4n) is 2.28. The van der Waals surface area contributed by atoms with E-state index in [9.17, 15) is 0 Å². The molecule has 0 aliphatic carbocycles. The largest absolute Gasteiger partial charge is 0.303 e. The summed E-state index contributed by atoms with van der Waals surface area (Å²) in [5.74, 6) is 0. The second-order valence-electron chi connectivity index (χ2n) is 5.03. The van der Waals surface area contributed by atoms with Gasteiger partial charge in [-0.25, -0.2) is 0 Å². The van der Waals surface area contributed by atoms with Gasteiger partial charge in [0, 0.05) is 12.1 Å². The fourth-order valence-corrected chi connectivity index (χ4v) is 2.28. The quantitative estimate of drug-likeness (QED) is 0.760. The second kappa shape index (κ2) is 7.88. The molecule has 0 radical (unpaired) electrons. The van der Waals surface area contributed by atoms with Gasteiger partial charge in [-0.3, -0.25) is 0 Å². The van der Waals surface area contributed by atoms with E-state index in [4.69, 9.17) is 0 Å². The molecule has 20 heavy (non-hydrogen) atoms. The van der Waals surface area contributed by atoms with Gasteiger partial charge in [-0.2, -0.15) is 0 Å². The maximum atomic E-state index is 3.89. The molecule has 1 atom stereocenters. The summed E-state index contributed by atoms with van der Waals surface area (Å²) in [7, 11) is 0. The molecule has 0 saturated heterocycles. The topological polar surface area (TPSA) is 12.0 Å². The van der Waals surface area contributed by atoms with Crippen molar-refractivity contribution in [1.82, 2.24) is 5.32 Å². The Labute approximate surface area is 128 Å². The number of hydrogen-bond acceptors (Lipinski definition) is 1. The normalized spacial score (nSPS) is 13.1. The first-order chi connectivity index (χ1) is 9.24. The molecule has 0 heterocycles. The zero-order valence-corrected chi connectivity index (χ0v) is 12.7. The van der Waals surface area contributed by atoms with Gasteiger partial charge in [-0.05, 0) is 24.5 Å². The Morgan fingerprint density at radius 3 is 2.10 bits per heavy atom. The van der Waals surface area contributed by atoms with E-state index in [0.717, 1.165) is 13.0 Å². The van der Waals surface area contributed by atoms with Crippen LogP contribution in [0.25, 0.3) is 0 Å². The summed E-state index contributed by atoms with van der Waals surface area (Å²) in [4.78, 5) is 0. The third-order valence-electron chi connectivity index (χ3n) is 3.49. The summed E-state index contributed by atoms with van der Waals surface area (Å²) < 4.78 is 0. The van der Waals surface area contributed by atoms with Crippen LogP contribution in [0.4, 0.5) is 0 Å². The highest BCUT2D eigenvalue weighted by atomic mass is 35.5. The van der Waals surface area contributed by atoms with Crippen LogP contribution in [0.2, 0.25) is 0 Å². The molecule has 0 saturated carbocycles. The van der Waals surface area contributed by atoms with Gasteiger partial charge in [0.15, 0.2) is 0 Å². The maximum Gasteiger partial charge on any atom is 0.0443 e. The summed E-state index contributed by atoms with van der Waals surface area (Å²) in [5.41, 5.74) is 2.53. The van der Waals surface area contributed by atoms with E-state index in [1.54, 1.807) is 0 Å². The van der Waals surface area contributed by atoms with Crippen molar-refractivity contribution in [2.75, 3.05) is 0 Å². The zero-order valence-electron chi connectivity index (χ0n) is 11.9. The van der Waals surface area contributed by atoms with Crippen LogP contribution in [0, 0.1) is 0 Å². The highest BCUT2D eigenvalue weighted by molar-refractivity contribution is 5.85. The van der Waals surface area contributed by atoms with Gasteiger partial charge in [-0.1, -0.05) is 66.7 Å². The van der Waals surface area contributed by atoms with Crippen molar-refractivity contribution < 1.29 is 0 Å². The lowest BCUT2D eigenvalue weighted by Crippen LogP contribution is -2.38. The van der Waals surface area contributed by atoms with Crippen LogP contribution in [-0.2, 0) is 12.1 Å². The summed E-state index contributed by atoms with van der Waals surface area (Å²) in [5, 5.41) is 3.66. The number of halogens is 1. The van der Waals surface area contributed by atoms with Gasteiger partial charge in [-0.15, -0.1) is 19.0 Å². The minimum atomic E-state index is -0.0706. The van der Waals surface area contributed by atoms with E-state index in [-0.39, 0.29) is 17.9 Å². The molecule has 106 valence electrons. The Balaban J connectivity index is 0.00000200. The minimum absolute atomic E-state index is 0. The van der Waals surface area contributed by atoms with E-state index >= 15 is 0 Å². The minimum Gasteiger partial charge on any atom is -0.303 e. The standard InChI is InChI=1S/C18H21N.ClH/c1-3-14-18(2,17-12-8-5-9-13-17)19-15-16-10-6-4-7-11-16;/h3-13,19H,1,14-15H2,2H3;1H. The molecule has 0 fully saturated rings. The lowest BCUT2D eigenvalue weighted by molar-refractivity contribution is 0.367. The Bertz CT molecular complexity index is 509. The summed E-state index contributed by atoms with van der Waals surface area (Å²) in [6, 6.07) is 21.0. The molecular formula is C18H22ClN. The molecule has 0 aliphatic rings. The summed E-state index contributed by atoms with van der Waals surface area (Å²) in [6.07, 6.45) is 2.88. The van der Waals surface area contributed by atoms with E-state index in [0.29, 0.717) is 0 Å². The third-order valence-corrected chi connectivity index (χ3v) is 3.49. The van der Waals surface area contributed by atoms with Crippen LogP contribution in [0.15, 0.2) is 73.3 Å². The lowest BCUT2D eigenvalue weighted by Gasteiger charge is -2.31. The lowest BCUT2D eigenvalue weighted by atomic mass is 9.88. The highest BCUT2D eigenvalue weighted by Gasteiger charge is 2.23. The molecule has 2 aromatic carbocycles. The molecule has 2 aromatic rings. The van der Waals surface area contributed by atoms with Crippen molar-refractivity contribution in [2.45, 2.75) is 25.4 Å². The van der Waals surface area contributed by atoms with Crippen LogP contribution in [0.5, 0.6) is 0 Å². The van der Waals surface area contributed by atoms with Crippen molar-refractivity contribution >= 4 is 12.4 Å². The van der Waals surface area contributed by atoms with E-state index < -0.39 is 0 Å². The van der Waals surface area contributed by atoms with Gasteiger partial charge in [0.1, 0.15) is 0 Å². The van der Waals surface area contributed by atoms with Crippen molar-refractivity contribution in [3.63, 3.8) is 0 Å². The Hall–Kier alpha value is -1.57. The molecule has 0 bridgehead atoms. The Morgan fingerprint density at radius 1 is 1.00 bits per heavy atom. The predicted molar refractivity (Wildman–Crippen MR) is 89.1 cm³/mol. The van der Waals surface area contributed by atoms with E-state index in [1.165, 1.54) is 11.1 Å². The number of nitrogens with one attached hydrogen (secondary N) is 1. The van der Waals surface area contributed by atoms with Gasteiger partial charge in [0.25, 0.3) is 0 Å². The number of rotatable bonds is 6. The van der Waals surface area contributed by atoms with Crippen LogP contribution in [0.3, 0.4) is 0 Å². The average Bonchev–Trinajstić information content (AvgIpc) is 2.48. The van der Waals surface area contributed by atoms with E-state index in [1.807, 2.05) is 12.1 Å². The molecular weight excluding hydrogens is 266 g/mol. The van der Waals surface area contributed by atoms with Gasteiger partial charge >= 0.3 is 0 Å². The fraction of sp³-hybridized carbons (Fsp3) is 0.222. The third kappa shape index (κ3) is 4.22. The highest BCUT2D eigenvalue weighted by Crippen LogP contribution is 2.25. The summed E-state index contributed by atoms with van der Waals surface area (Å²) >= 11 is 0. The van der Waals surface area contributed by atoms with Crippen molar-refractivity contribution in [2.24, 2.45) is 0 Å². The monoisotopic (exact) mass is 287 g/mol. The SMILES string of the molecule is C=CCC(C)(NCc1ccccc1)c1ccccc1.Cl. The molecule has 0 aliphatic heterocycles. The van der Waals surface area contributed by atoms with Crippen LogP contribution in [-0.4, -0.2) is 0 Å². The molecule has 2 heteroatoms.